The number of carbonyl (C=O) groups is 1. The minimum atomic E-state index is -3.69. The Morgan fingerprint density at radius 2 is 1.59 bits per heavy atom. The fraction of sp³-hybridized carbons (Fsp3) is 0.0476. The van der Waals surface area contributed by atoms with Crippen LogP contribution in [0.15, 0.2) is 88.9 Å². The van der Waals surface area contributed by atoms with Crippen LogP contribution < -0.4 is 9.73 Å². The highest BCUT2D eigenvalue weighted by molar-refractivity contribution is 7.92. The van der Waals surface area contributed by atoms with Crippen LogP contribution in [0.25, 0.3) is 0 Å². The summed E-state index contributed by atoms with van der Waals surface area (Å²) in [4.78, 5) is 12.4. The molecule has 3 aromatic rings. The van der Waals surface area contributed by atoms with Gasteiger partial charge < -0.3 is 5.11 Å². The maximum Gasteiger partial charge on any atom is 0.271 e. The zero-order valence-electron chi connectivity index (χ0n) is 15.6. The lowest BCUT2D eigenvalue weighted by Gasteiger charge is -2.19. The van der Waals surface area contributed by atoms with Crippen molar-refractivity contribution in [2.45, 2.75) is 4.90 Å². The molecule has 29 heavy (non-hydrogen) atoms. The van der Waals surface area contributed by atoms with E-state index >= 15 is 0 Å². The number of phenolic OH excluding ortho intramolecular Hbond substituents is 1. The third-order valence-corrected chi connectivity index (χ3v) is 6.00. The normalized spacial score (nSPS) is 11.3. The van der Waals surface area contributed by atoms with Crippen LogP contribution in [-0.4, -0.2) is 32.7 Å². The highest BCUT2D eigenvalue weighted by Crippen LogP contribution is 2.22. The number of carbonyl (C=O) groups excluding carboxylic acids is 1. The van der Waals surface area contributed by atoms with Crippen LogP contribution in [0.4, 0.5) is 5.69 Å². The first-order chi connectivity index (χ1) is 13.9. The summed E-state index contributed by atoms with van der Waals surface area (Å²) in [6, 6.07) is 20.8. The molecule has 0 atom stereocenters. The molecule has 0 bridgehead atoms. The van der Waals surface area contributed by atoms with Crippen LogP contribution in [-0.2, 0) is 10.0 Å². The minimum absolute atomic E-state index is 0.0533. The molecule has 1 amide bonds. The highest BCUT2D eigenvalue weighted by atomic mass is 32.2. The number of sulfonamides is 1. The molecule has 3 aromatic carbocycles. The number of nitrogens with zero attached hydrogens (tertiary/aromatic N) is 2. The number of hydrazone groups is 1. The molecular formula is C21H19N3O4S. The van der Waals surface area contributed by atoms with Crippen molar-refractivity contribution in [2.24, 2.45) is 5.10 Å². The number of hydrogen-bond donors (Lipinski definition) is 2. The van der Waals surface area contributed by atoms with Gasteiger partial charge in [-0.2, -0.15) is 5.10 Å². The van der Waals surface area contributed by atoms with Gasteiger partial charge in [0.05, 0.1) is 16.8 Å². The second-order valence-corrected chi connectivity index (χ2v) is 8.06. The van der Waals surface area contributed by atoms with Crippen LogP contribution in [0.2, 0.25) is 0 Å². The fourth-order valence-corrected chi connectivity index (χ4v) is 3.75. The van der Waals surface area contributed by atoms with E-state index in [1.165, 1.54) is 43.6 Å². The molecule has 0 spiro atoms. The van der Waals surface area contributed by atoms with E-state index < -0.39 is 15.9 Å². The van der Waals surface area contributed by atoms with Crippen molar-refractivity contribution < 1.29 is 18.3 Å². The lowest BCUT2D eigenvalue weighted by Crippen LogP contribution is -2.26. The van der Waals surface area contributed by atoms with Gasteiger partial charge in [0.15, 0.2) is 0 Å². The number of phenols is 1. The molecule has 0 aliphatic heterocycles. The van der Waals surface area contributed by atoms with Crippen molar-refractivity contribution in [1.29, 1.82) is 0 Å². The SMILES string of the molecule is CN(c1ccc(C(=O)N/N=C\c2ccccc2O)cc1)S(=O)(=O)c1ccccc1. The molecule has 0 saturated heterocycles. The summed E-state index contributed by atoms with van der Waals surface area (Å²) < 4.78 is 26.5. The van der Waals surface area contributed by atoms with Crippen molar-refractivity contribution >= 4 is 27.8 Å². The predicted molar refractivity (Wildman–Crippen MR) is 112 cm³/mol. The summed E-state index contributed by atoms with van der Waals surface area (Å²) >= 11 is 0. The van der Waals surface area contributed by atoms with Crippen LogP contribution in [0.5, 0.6) is 5.75 Å². The fourth-order valence-electron chi connectivity index (χ4n) is 2.53. The number of nitrogens with one attached hydrogen (secondary N) is 1. The lowest BCUT2D eigenvalue weighted by atomic mass is 10.2. The van der Waals surface area contributed by atoms with E-state index in [0.717, 1.165) is 4.31 Å². The molecule has 3 rings (SSSR count). The summed E-state index contributed by atoms with van der Waals surface area (Å²) in [6.07, 6.45) is 1.34. The first-order valence-corrected chi connectivity index (χ1v) is 10.1. The Morgan fingerprint density at radius 3 is 2.24 bits per heavy atom. The number of aromatic hydroxyl groups is 1. The van der Waals surface area contributed by atoms with E-state index in [1.54, 1.807) is 48.5 Å². The Balaban J connectivity index is 1.69. The topological polar surface area (TPSA) is 99.1 Å². The molecule has 0 radical (unpaired) electrons. The maximum atomic E-state index is 12.7. The number of rotatable bonds is 6. The van der Waals surface area contributed by atoms with Crippen molar-refractivity contribution in [2.75, 3.05) is 11.4 Å². The Hall–Kier alpha value is -3.65. The maximum absolute atomic E-state index is 12.7. The van der Waals surface area contributed by atoms with Gasteiger partial charge in [-0.05, 0) is 48.5 Å². The third-order valence-electron chi connectivity index (χ3n) is 4.20. The first kappa shape index (κ1) is 20.1. The number of hydrogen-bond acceptors (Lipinski definition) is 5. The molecule has 7 nitrogen and oxygen atoms in total. The monoisotopic (exact) mass is 409 g/mol. The minimum Gasteiger partial charge on any atom is -0.507 e. The van der Waals surface area contributed by atoms with E-state index in [2.05, 4.69) is 10.5 Å². The van der Waals surface area contributed by atoms with Gasteiger partial charge in [-0.15, -0.1) is 0 Å². The molecule has 2 N–H and O–H groups in total. The lowest BCUT2D eigenvalue weighted by molar-refractivity contribution is 0.0955. The number of para-hydroxylation sites is 1. The average Bonchev–Trinajstić information content (AvgIpc) is 2.75. The van der Waals surface area contributed by atoms with Gasteiger partial charge in [-0.25, -0.2) is 13.8 Å². The number of benzene rings is 3. The van der Waals surface area contributed by atoms with E-state index in [4.69, 9.17) is 0 Å². The largest absolute Gasteiger partial charge is 0.507 e. The Kier molecular flexibility index (Phi) is 5.94. The van der Waals surface area contributed by atoms with Gasteiger partial charge in [0.25, 0.3) is 15.9 Å². The Labute approximate surface area is 169 Å². The molecule has 0 saturated carbocycles. The summed E-state index contributed by atoms with van der Waals surface area (Å²) in [7, 11) is -2.24. The van der Waals surface area contributed by atoms with Crippen molar-refractivity contribution in [3.05, 3.63) is 90.0 Å². The molecular weight excluding hydrogens is 390 g/mol. The van der Waals surface area contributed by atoms with Crippen molar-refractivity contribution in [1.82, 2.24) is 5.43 Å². The molecule has 0 aliphatic carbocycles. The third kappa shape index (κ3) is 4.61. The quantitative estimate of drug-likeness (QED) is 0.483. The van der Waals surface area contributed by atoms with Gasteiger partial charge in [0, 0.05) is 18.2 Å². The molecule has 0 aliphatic rings. The summed E-state index contributed by atoms with van der Waals surface area (Å²) in [5.41, 5.74) is 3.57. The van der Waals surface area contributed by atoms with Crippen LogP contribution in [0.3, 0.4) is 0 Å². The van der Waals surface area contributed by atoms with Gasteiger partial charge in [0.2, 0.25) is 0 Å². The van der Waals surface area contributed by atoms with E-state index in [1.807, 2.05) is 0 Å². The van der Waals surface area contributed by atoms with E-state index in [9.17, 15) is 18.3 Å². The molecule has 8 heteroatoms. The predicted octanol–water partition coefficient (Wildman–Crippen LogP) is 2.98. The highest BCUT2D eigenvalue weighted by Gasteiger charge is 2.21. The van der Waals surface area contributed by atoms with E-state index in [-0.39, 0.29) is 10.6 Å². The summed E-state index contributed by atoms with van der Waals surface area (Å²) in [5.74, 6) is -0.408. The van der Waals surface area contributed by atoms with Crippen LogP contribution in [0, 0.1) is 0 Å². The molecule has 0 unspecified atom stereocenters. The standard InChI is InChI=1S/C21H19N3O4S/c1-24(29(27,28)19-8-3-2-4-9-19)18-13-11-16(12-14-18)21(26)23-22-15-17-7-5-6-10-20(17)25/h2-15,25H,1H3,(H,23,26)/b22-15-. The van der Waals surface area contributed by atoms with Gasteiger partial charge >= 0.3 is 0 Å². The van der Waals surface area contributed by atoms with Gasteiger partial charge in [-0.3, -0.25) is 9.10 Å². The Bertz CT molecular complexity index is 1130. The summed E-state index contributed by atoms with van der Waals surface area (Å²) in [5, 5.41) is 13.5. The first-order valence-electron chi connectivity index (χ1n) is 8.65. The number of amides is 1. The zero-order chi connectivity index (χ0) is 20.9. The zero-order valence-corrected chi connectivity index (χ0v) is 16.4. The van der Waals surface area contributed by atoms with E-state index in [0.29, 0.717) is 16.8 Å². The molecule has 0 fully saturated rings. The van der Waals surface area contributed by atoms with Crippen molar-refractivity contribution in [3.63, 3.8) is 0 Å². The Morgan fingerprint density at radius 1 is 0.966 bits per heavy atom. The summed E-state index contributed by atoms with van der Waals surface area (Å²) in [6.45, 7) is 0. The number of anilines is 1. The van der Waals surface area contributed by atoms with Crippen molar-refractivity contribution in [3.8, 4) is 5.75 Å². The van der Waals surface area contributed by atoms with Gasteiger partial charge in [0.1, 0.15) is 5.75 Å². The molecule has 148 valence electrons. The average molecular weight is 409 g/mol. The van der Waals surface area contributed by atoms with Crippen LogP contribution in [0.1, 0.15) is 15.9 Å². The smallest absolute Gasteiger partial charge is 0.271 e. The van der Waals surface area contributed by atoms with Crippen LogP contribution >= 0.6 is 0 Å². The molecule has 0 heterocycles. The second-order valence-electron chi connectivity index (χ2n) is 6.09. The van der Waals surface area contributed by atoms with Gasteiger partial charge in [-0.1, -0.05) is 30.3 Å². The second kappa shape index (κ2) is 8.57. The molecule has 0 aromatic heterocycles.